The first-order valence-electron chi connectivity index (χ1n) is 11.1. The predicted molar refractivity (Wildman–Crippen MR) is 136 cm³/mol. The maximum Gasteiger partial charge on any atom is 0.330 e. The molecular weight excluding hydrogens is 472 g/mol. The molecule has 0 bridgehead atoms. The van der Waals surface area contributed by atoms with Crippen LogP contribution in [0.2, 0.25) is 18.1 Å². The highest BCUT2D eigenvalue weighted by atomic mass is 32.1. The van der Waals surface area contributed by atoms with Crippen molar-refractivity contribution in [3.8, 4) is 10.6 Å². The third-order valence-corrected chi connectivity index (χ3v) is 11.2. The number of hydrogen-bond donors (Lipinski definition) is 1. The Bertz CT molecular complexity index is 957. The second-order valence-electron chi connectivity index (χ2n) is 9.40. The van der Waals surface area contributed by atoms with Crippen molar-refractivity contribution in [1.82, 2.24) is 10.3 Å². The number of nitrogens with zero attached hydrogens (tertiary/aromatic N) is 1. The maximum absolute atomic E-state index is 12.9. The second kappa shape index (κ2) is 12.5. The van der Waals surface area contributed by atoms with Crippen molar-refractivity contribution in [2.24, 2.45) is 0 Å². The maximum atomic E-state index is 12.9. The van der Waals surface area contributed by atoms with Crippen molar-refractivity contribution >= 4 is 31.5 Å². The number of thiazole rings is 1. The minimum atomic E-state index is -2.11. The zero-order chi connectivity index (χ0) is 25.4. The summed E-state index contributed by atoms with van der Waals surface area (Å²) in [6, 6.07) is 6.91. The summed E-state index contributed by atoms with van der Waals surface area (Å²) in [6.07, 6.45) is 0. The number of ether oxygens (including phenoxy) is 3. The molecule has 188 valence electrons. The highest BCUT2D eigenvalue weighted by Gasteiger charge is 2.38. The van der Waals surface area contributed by atoms with E-state index in [0.29, 0.717) is 24.8 Å². The van der Waals surface area contributed by atoms with Gasteiger partial charge in [-0.3, -0.25) is 4.79 Å². The summed E-state index contributed by atoms with van der Waals surface area (Å²) in [6.45, 7) is 12.1. The number of esters is 1. The van der Waals surface area contributed by atoms with E-state index < -0.39 is 26.2 Å². The molecule has 1 N–H and O–H groups in total. The van der Waals surface area contributed by atoms with E-state index in [1.807, 2.05) is 24.3 Å². The van der Waals surface area contributed by atoms with Crippen LogP contribution in [0, 0.1) is 0 Å². The molecular formula is C24H36N2O6SSi. The molecule has 0 unspecified atom stereocenters. The Hall–Kier alpha value is -2.11. The van der Waals surface area contributed by atoms with E-state index in [-0.39, 0.29) is 17.3 Å². The highest BCUT2D eigenvalue weighted by molar-refractivity contribution is 7.13. The fourth-order valence-electron chi connectivity index (χ4n) is 2.69. The van der Waals surface area contributed by atoms with Crippen LogP contribution in [-0.2, 0) is 30.0 Å². The summed E-state index contributed by atoms with van der Waals surface area (Å²) in [5, 5.41) is 5.08. The Morgan fingerprint density at radius 3 is 2.56 bits per heavy atom. The molecule has 1 atom stereocenters. The lowest BCUT2D eigenvalue weighted by molar-refractivity contribution is -0.143. The van der Waals surface area contributed by atoms with Crippen molar-refractivity contribution in [1.29, 1.82) is 0 Å². The lowest BCUT2D eigenvalue weighted by Crippen LogP contribution is -2.49. The second-order valence-corrected chi connectivity index (χ2v) is 15.1. The van der Waals surface area contributed by atoms with Gasteiger partial charge in [0.05, 0.1) is 33.5 Å². The van der Waals surface area contributed by atoms with Crippen LogP contribution in [0.1, 0.15) is 36.8 Å². The van der Waals surface area contributed by atoms with Gasteiger partial charge in [-0.15, -0.1) is 11.3 Å². The minimum Gasteiger partial charge on any atom is -0.467 e. The van der Waals surface area contributed by atoms with Gasteiger partial charge in [0, 0.05) is 18.1 Å². The number of hydrogen-bond acceptors (Lipinski definition) is 8. The fraction of sp³-hybridized carbons (Fsp3) is 0.542. The largest absolute Gasteiger partial charge is 0.467 e. The van der Waals surface area contributed by atoms with Crippen LogP contribution >= 0.6 is 11.3 Å². The first-order chi connectivity index (χ1) is 16.0. The molecule has 2 aromatic rings. The van der Waals surface area contributed by atoms with Gasteiger partial charge in [-0.25, -0.2) is 9.78 Å². The molecule has 0 saturated heterocycles. The normalized spacial score (nSPS) is 12.9. The molecule has 10 heteroatoms. The number of amides is 1. The molecule has 0 spiro atoms. The number of carbonyl (C=O) groups excluding carboxylic acids is 2. The molecule has 1 aromatic carbocycles. The van der Waals surface area contributed by atoms with Crippen molar-refractivity contribution < 1.29 is 28.2 Å². The number of rotatable bonds is 12. The van der Waals surface area contributed by atoms with E-state index in [0.717, 1.165) is 11.1 Å². The van der Waals surface area contributed by atoms with Gasteiger partial charge >= 0.3 is 5.97 Å². The minimum absolute atomic E-state index is 0.0230. The Balaban J connectivity index is 2.07. The molecule has 1 aromatic heterocycles. The van der Waals surface area contributed by atoms with Gasteiger partial charge in [0.1, 0.15) is 16.7 Å². The number of aromatic nitrogens is 1. The van der Waals surface area contributed by atoms with Gasteiger partial charge < -0.3 is 24.0 Å². The van der Waals surface area contributed by atoms with Crippen molar-refractivity contribution in [2.75, 3.05) is 34.0 Å². The molecule has 0 aliphatic heterocycles. The van der Waals surface area contributed by atoms with Crippen LogP contribution in [0.15, 0.2) is 29.6 Å². The summed E-state index contributed by atoms with van der Waals surface area (Å²) >= 11 is 1.36. The van der Waals surface area contributed by atoms with Crippen LogP contribution in [0.25, 0.3) is 10.6 Å². The van der Waals surface area contributed by atoms with Crippen molar-refractivity contribution in [3.05, 3.63) is 40.9 Å². The van der Waals surface area contributed by atoms with Crippen LogP contribution in [-0.4, -0.2) is 65.3 Å². The van der Waals surface area contributed by atoms with Crippen molar-refractivity contribution in [2.45, 2.75) is 51.6 Å². The monoisotopic (exact) mass is 508 g/mol. The lowest BCUT2D eigenvalue weighted by atomic mass is 10.1. The van der Waals surface area contributed by atoms with Gasteiger partial charge in [0.25, 0.3) is 5.91 Å². The molecule has 1 amide bonds. The molecule has 8 nitrogen and oxygen atoms in total. The predicted octanol–water partition coefficient (Wildman–Crippen LogP) is 4.27. The molecule has 34 heavy (non-hydrogen) atoms. The Morgan fingerprint density at radius 1 is 1.18 bits per heavy atom. The highest BCUT2D eigenvalue weighted by Crippen LogP contribution is 2.36. The van der Waals surface area contributed by atoms with Gasteiger partial charge in [0.2, 0.25) is 0 Å². The van der Waals surface area contributed by atoms with E-state index in [4.69, 9.17) is 18.6 Å². The summed E-state index contributed by atoms with van der Waals surface area (Å²) in [7, 11) is 0.820. The number of methoxy groups -OCH3 is 2. The topological polar surface area (TPSA) is 96.0 Å². The van der Waals surface area contributed by atoms with Gasteiger partial charge in [0.15, 0.2) is 8.32 Å². The number of carbonyl (C=O) groups is 2. The Labute approximate surface area is 207 Å². The fourth-order valence-corrected chi connectivity index (χ4v) is 4.50. The Kier molecular flexibility index (Phi) is 10.4. The van der Waals surface area contributed by atoms with Crippen molar-refractivity contribution in [3.63, 3.8) is 0 Å². The van der Waals surface area contributed by atoms with Gasteiger partial charge in [-0.2, -0.15) is 0 Å². The summed E-state index contributed by atoms with van der Waals surface area (Å²) < 4.78 is 21.6. The van der Waals surface area contributed by atoms with E-state index in [1.165, 1.54) is 18.4 Å². The Morgan fingerprint density at radius 2 is 1.91 bits per heavy atom. The first kappa shape index (κ1) is 28.1. The first-order valence-corrected chi connectivity index (χ1v) is 14.9. The molecule has 0 aliphatic rings. The van der Waals surface area contributed by atoms with Gasteiger partial charge in [-0.05, 0) is 29.8 Å². The molecule has 2 rings (SSSR count). The van der Waals surface area contributed by atoms with Crippen LogP contribution in [0.5, 0.6) is 0 Å². The summed E-state index contributed by atoms with van der Waals surface area (Å²) in [5.74, 6) is -1.00. The zero-order valence-corrected chi connectivity index (χ0v) is 22.9. The average Bonchev–Trinajstić information content (AvgIpc) is 3.29. The van der Waals surface area contributed by atoms with E-state index >= 15 is 0 Å². The average molecular weight is 509 g/mol. The van der Waals surface area contributed by atoms with Crippen LogP contribution < -0.4 is 5.32 Å². The van der Waals surface area contributed by atoms with E-state index in [2.05, 4.69) is 44.2 Å². The standard InChI is InChI=1S/C24H36N2O6SSi/c1-24(2,3)34(6,7)32-15-19(23(28)30-5)25-21(27)20-16-33-22(26-20)18-10-8-9-17(13-18)14-31-12-11-29-4/h8-10,13,16,19H,11-12,14-15H2,1-7H3,(H,25,27)/t19-/m0/s1. The molecule has 0 saturated carbocycles. The van der Waals surface area contributed by atoms with E-state index in [1.54, 1.807) is 12.5 Å². The van der Waals surface area contributed by atoms with Crippen LogP contribution in [0.3, 0.4) is 0 Å². The van der Waals surface area contributed by atoms with E-state index in [9.17, 15) is 9.59 Å². The molecule has 0 fully saturated rings. The zero-order valence-electron chi connectivity index (χ0n) is 21.1. The molecule has 0 radical (unpaired) electrons. The number of nitrogens with one attached hydrogen (secondary N) is 1. The van der Waals surface area contributed by atoms with Crippen LogP contribution in [0.4, 0.5) is 0 Å². The number of benzene rings is 1. The SMILES string of the molecule is COCCOCc1cccc(-c2nc(C(=O)N[C@@H](CO[Si](C)(C)C(C)(C)C)C(=O)OC)cs2)c1. The lowest BCUT2D eigenvalue weighted by Gasteiger charge is -2.37. The third-order valence-electron chi connectivity index (χ3n) is 5.82. The molecule has 0 aliphatic carbocycles. The quantitative estimate of drug-likeness (QED) is 0.260. The summed E-state index contributed by atoms with van der Waals surface area (Å²) in [5.41, 5.74) is 2.13. The smallest absolute Gasteiger partial charge is 0.330 e. The molecule has 1 heterocycles. The summed E-state index contributed by atoms with van der Waals surface area (Å²) in [4.78, 5) is 29.6. The third kappa shape index (κ3) is 7.98. The van der Waals surface area contributed by atoms with Gasteiger partial charge in [-0.1, -0.05) is 39.0 Å².